The zero-order valence-electron chi connectivity index (χ0n) is 17.9. The quantitative estimate of drug-likeness (QED) is 0.407. The first kappa shape index (κ1) is 21.8. The molecule has 4 rings (SSSR count). The lowest BCUT2D eigenvalue weighted by Crippen LogP contribution is -2.19. The monoisotopic (exact) mass is 454 g/mol. The first-order chi connectivity index (χ1) is 15.4. The fourth-order valence-electron chi connectivity index (χ4n) is 3.44. The van der Waals surface area contributed by atoms with E-state index in [1.165, 1.54) is 18.5 Å². The largest absolute Gasteiger partial charge is 0.487 e. The van der Waals surface area contributed by atoms with Gasteiger partial charge in [0.2, 0.25) is 0 Å². The van der Waals surface area contributed by atoms with Gasteiger partial charge in [0.1, 0.15) is 29.8 Å². The van der Waals surface area contributed by atoms with Crippen molar-refractivity contribution >= 4 is 39.1 Å². The van der Waals surface area contributed by atoms with Crippen LogP contribution in [0.3, 0.4) is 0 Å². The van der Waals surface area contributed by atoms with E-state index in [1.807, 2.05) is 30.7 Å². The summed E-state index contributed by atoms with van der Waals surface area (Å²) in [6, 6.07) is 8.00. The normalized spacial score (nSPS) is 13.3. The van der Waals surface area contributed by atoms with Crippen LogP contribution in [0.5, 0.6) is 5.75 Å². The second kappa shape index (κ2) is 9.41. The lowest BCUT2D eigenvalue weighted by Gasteiger charge is -2.19. The molecule has 32 heavy (non-hydrogen) atoms. The molecule has 2 aromatic heterocycles. The molecule has 2 aromatic carbocycles. The molecule has 0 aliphatic heterocycles. The van der Waals surface area contributed by atoms with Crippen molar-refractivity contribution in [1.29, 1.82) is 0 Å². The molecule has 0 fully saturated rings. The second-order valence-electron chi connectivity index (χ2n) is 7.37. The number of hydrogen-bond donors (Lipinski definition) is 2. The molecule has 0 amide bonds. The average molecular weight is 455 g/mol. The molecule has 4 aromatic rings. The van der Waals surface area contributed by atoms with Gasteiger partial charge in [-0.2, -0.15) is 0 Å². The molecule has 2 unspecified atom stereocenters. The number of rotatable bonds is 7. The van der Waals surface area contributed by atoms with E-state index < -0.39 is 16.8 Å². The summed E-state index contributed by atoms with van der Waals surface area (Å²) in [5.41, 5.74) is 2.81. The predicted octanol–water partition coefficient (Wildman–Crippen LogP) is 5.02. The molecule has 0 aliphatic carbocycles. The van der Waals surface area contributed by atoms with E-state index in [0.29, 0.717) is 35.0 Å². The molecule has 2 N–H and O–H groups in total. The Morgan fingerprint density at radius 1 is 1.28 bits per heavy atom. The van der Waals surface area contributed by atoms with Crippen LogP contribution in [0.1, 0.15) is 12.5 Å². The van der Waals surface area contributed by atoms with Gasteiger partial charge in [-0.15, -0.1) is 0 Å². The Morgan fingerprint density at radius 3 is 2.88 bits per heavy atom. The Kier molecular flexibility index (Phi) is 6.42. The number of anilines is 2. The Hall–Kier alpha value is -3.37. The molecular formula is C22H23FN6O2S. The van der Waals surface area contributed by atoms with Gasteiger partial charge < -0.3 is 19.2 Å². The van der Waals surface area contributed by atoms with Gasteiger partial charge >= 0.3 is 0 Å². The third kappa shape index (κ3) is 5.09. The molecule has 0 aliphatic rings. The van der Waals surface area contributed by atoms with Crippen molar-refractivity contribution in [3.05, 3.63) is 66.8 Å². The van der Waals surface area contributed by atoms with Crippen LogP contribution in [0.2, 0.25) is 0 Å². The highest BCUT2D eigenvalue weighted by Crippen LogP contribution is 2.34. The van der Waals surface area contributed by atoms with Gasteiger partial charge in [-0.25, -0.2) is 23.7 Å². The van der Waals surface area contributed by atoms with Crippen molar-refractivity contribution in [2.24, 2.45) is 4.36 Å². The number of nitrogens with one attached hydrogen (secondary N) is 1. The Labute approximate surface area is 187 Å². The van der Waals surface area contributed by atoms with E-state index in [0.717, 1.165) is 10.9 Å². The van der Waals surface area contributed by atoms with Gasteiger partial charge in [-0.1, -0.05) is 0 Å². The van der Waals surface area contributed by atoms with Gasteiger partial charge in [0.25, 0.3) is 0 Å². The minimum Gasteiger partial charge on any atom is -0.487 e. The highest BCUT2D eigenvalue weighted by Gasteiger charge is 2.14. The molecule has 2 atom stereocenters. The topological polar surface area (TPSA) is 97.5 Å². The van der Waals surface area contributed by atoms with Crippen LogP contribution < -0.4 is 10.1 Å². The maximum absolute atomic E-state index is 14.0. The summed E-state index contributed by atoms with van der Waals surface area (Å²) in [6.45, 7) is 4.41. The number of aromatic nitrogens is 4. The summed E-state index contributed by atoms with van der Waals surface area (Å²) in [7, 11) is -1.07. The van der Waals surface area contributed by atoms with E-state index in [4.69, 9.17) is 4.74 Å². The zero-order valence-corrected chi connectivity index (χ0v) is 18.7. The van der Waals surface area contributed by atoms with Crippen molar-refractivity contribution in [3.63, 3.8) is 0 Å². The van der Waals surface area contributed by atoms with E-state index in [9.17, 15) is 8.94 Å². The van der Waals surface area contributed by atoms with Gasteiger partial charge in [0.15, 0.2) is 0 Å². The molecule has 0 radical (unpaired) electrons. The summed E-state index contributed by atoms with van der Waals surface area (Å²) in [4.78, 5) is 12.8. The number of hydrogen-bond acceptors (Lipinski definition) is 6. The average Bonchev–Trinajstić information content (AvgIpc) is 3.22. The zero-order chi connectivity index (χ0) is 22.7. The molecule has 8 nitrogen and oxygen atoms in total. The fourth-order valence-corrected chi connectivity index (χ4v) is 3.85. The number of nitrogens with zero attached hydrogens (tertiary/aromatic N) is 5. The minimum absolute atomic E-state index is 0.221. The number of benzene rings is 2. The van der Waals surface area contributed by atoms with Crippen molar-refractivity contribution in [3.8, 4) is 5.75 Å². The highest BCUT2D eigenvalue weighted by molar-refractivity contribution is 7.80. The third-order valence-electron chi connectivity index (χ3n) is 4.71. The summed E-state index contributed by atoms with van der Waals surface area (Å²) >= 11 is 0. The lowest BCUT2D eigenvalue weighted by molar-refractivity contribution is 0.200. The summed E-state index contributed by atoms with van der Waals surface area (Å²) in [6.07, 6.45) is 8.10. The summed E-state index contributed by atoms with van der Waals surface area (Å²) < 4.78 is 35.7. The summed E-state index contributed by atoms with van der Waals surface area (Å²) in [5.74, 6) is 0.551. The molecule has 0 saturated heterocycles. The molecule has 0 saturated carbocycles. The van der Waals surface area contributed by atoms with Crippen LogP contribution in [0.15, 0.2) is 59.7 Å². The maximum Gasteiger partial charge on any atom is 0.146 e. The van der Waals surface area contributed by atoms with Gasteiger partial charge in [0, 0.05) is 41.1 Å². The third-order valence-corrected chi connectivity index (χ3v) is 5.18. The van der Waals surface area contributed by atoms with Gasteiger partial charge in [-0.3, -0.25) is 0 Å². The van der Waals surface area contributed by atoms with Crippen LogP contribution in [0.4, 0.5) is 21.6 Å². The molecule has 10 heteroatoms. The number of aryl methyl sites for hydroxylation is 1. The highest BCUT2D eigenvalue weighted by atomic mass is 32.2. The lowest BCUT2D eigenvalue weighted by atomic mass is 10.1. The number of imidazole rings is 1. The molecular weight excluding hydrogens is 431 g/mol. The molecule has 2 heterocycles. The van der Waals surface area contributed by atoms with Crippen LogP contribution in [-0.4, -0.2) is 36.4 Å². The molecule has 0 bridgehead atoms. The molecule has 0 spiro atoms. The van der Waals surface area contributed by atoms with Crippen LogP contribution in [0, 0.1) is 12.7 Å². The first-order valence-corrected chi connectivity index (χ1v) is 11.4. The van der Waals surface area contributed by atoms with E-state index in [1.54, 1.807) is 30.9 Å². The second-order valence-corrected chi connectivity index (χ2v) is 8.45. The van der Waals surface area contributed by atoms with Gasteiger partial charge in [-0.05, 0) is 43.7 Å². The first-order valence-electron chi connectivity index (χ1n) is 9.90. The van der Waals surface area contributed by atoms with Crippen LogP contribution >= 0.6 is 0 Å². The van der Waals surface area contributed by atoms with E-state index >= 15 is 0 Å². The van der Waals surface area contributed by atoms with Crippen molar-refractivity contribution in [2.45, 2.75) is 26.5 Å². The minimum atomic E-state index is -1.07. The standard InChI is InChI=1S/C22H23FN6O2S/c1-14-8-17(28-32(3)30)10-19-21(14)22(26-12-25-19)27-18-5-4-16(23)9-20(18)31-15(2)11-29-7-6-24-13-29/h4-10,12-13,15H,11H2,1-3H3,(H,28,30)(H,25,26,27). The number of ether oxygens (including phenoxy) is 1. The van der Waals surface area contributed by atoms with Crippen molar-refractivity contribution in [2.75, 3.05) is 11.6 Å². The van der Waals surface area contributed by atoms with Crippen molar-refractivity contribution in [1.82, 2.24) is 19.5 Å². The molecule has 166 valence electrons. The predicted molar refractivity (Wildman–Crippen MR) is 124 cm³/mol. The number of halogens is 1. The Balaban J connectivity index is 1.66. The number of fused-ring (bicyclic) bond motifs is 1. The van der Waals surface area contributed by atoms with Crippen LogP contribution in [0.25, 0.3) is 10.9 Å². The summed E-state index contributed by atoms with van der Waals surface area (Å²) in [5, 5.41) is 4.08. The van der Waals surface area contributed by atoms with Crippen molar-refractivity contribution < 1.29 is 13.7 Å². The fraction of sp³-hybridized carbons (Fsp3) is 0.227. The Bertz CT molecular complexity index is 1280. The van der Waals surface area contributed by atoms with E-state index in [-0.39, 0.29) is 6.10 Å². The van der Waals surface area contributed by atoms with Crippen LogP contribution in [-0.2, 0) is 17.5 Å². The van der Waals surface area contributed by atoms with Gasteiger partial charge in [0.05, 0.1) is 29.8 Å². The maximum atomic E-state index is 14.0. The SMILES string of the molecule is Cc1cc(N=S(C)O)cc2ncnc(Nc3ccc(F)cc3OC(C)Cn3ccnc3)c12. The smallest absolute Gasteiger partial charge is 0.146 e. The Morgan fingerprint density at radius 2 is 2.12 bits per heavy atom. The van der Waals surface area contributed by atoms with E-state index in [2.05, 4.69) is 24.6 Å².